The van der Waals surface area contributed by atoms with Crippen molar-refractivity contribution in [2.24, 2.45) is 5.92 Å². The predicted molar refractivity (Wildman–Crippen MR) is 82.8 cm³/mol. The van der Waals surface area contributed by atoms with Crippen molar-refractivity contribution in [3.8, 4) is 0 Å². The van der Waals surface area contributed by atoms with E-state index >= 15 is 0 Å². The number of hydrogen-bond acceptors (Lipinski definition) is 2. The molecule has 0 spiro atoms. The van der Waals surface area contributed by atoms with Crippen molar-refractivity contribution < 1.29 is 0 Å². The zero-order valence-corrected chi connectivity index (χ0v) is 13.8. The van der Waals surface area contributed by atoms with Crippen molar-refractivity contribution >= 4 is 0 Å². The third-order valence-corrected chi connectivity index (χ3v) is 2.36. The molecular formula is C15H38N2. The van der Waals surface area contributed by atoms with Crippen LogP contribution < -0.4 is 5.32 Å². The average molecular weight is 246 g/mol. The Morgan fingerprint density at radius 2 is 1.35 bits per heavy atom. The molecule has 0 aliphatic carbocycles. The summed E-state index contributed by atoms with van der Waals surface area (Å²) in [5.74, 6) is 0.978. The summed E-state index contributed by atoms with van der Waals surface area (Å²) in [5.41, 5.74) is 0. The van der Waals surface area contributed by atoms with Crippen molar-refractivity contribution in [1.29, 1.82) is 0 Å². The molecule has 0 aromatic carbocycles. The minimum atomic E-state index is 0.978. The van der Waals surface area contributed by atoms with Gasteiger partial charge in [-0.1, -0.05) is 48.0 Å². The summed E-state index contributed by atoms with van der Waals surface area (Å²) in [6.07, 6.45) is 4.05. The van der Waals surface area contributed by atoms with Crippen LogP contribution in [0.15, 0.2) is 0 Å². The molecule has 0 aromatic rings. The number of piperidine rings is 1. The highest BCUT2D eigenvalue weighted by Crippen LogP contribution is 2.13. The summed E-state index contributed by atoms with van der Waals surface area (Å²) in [6, 6.07) is 0. The van der Waals surface area contributed by atoms with Crippen LogP contribution in [0.3, 0.4) is 0 Å². The van der Waals surface area contributed by atoms with E-state index in [0.717, 1.165) is 12.5 Å². The Bertz CT molecular complexity index is 85.1. The van der Waals surface area contributed by atoms with Gasteiger partial charge in [0.25, 0.3) is 0 Å². The third kappa shape index (κ3) is 25.9. The quantitative estimate of drug-likeness (QED) is 0.752. The first-order chi connectivity index (χ1) is 8.12. The number of nitrogens with one attached hydrogen (secondary N) is 1. The Hall–Kier alpha value is -0.0800. The Morgan fingerprint density at radius 3 is 1.53 bits per heavy atom. The summed E-state index contributed by atoms with van der Waals surface area (Å²) in [4.78, 5) is 2.40. The lowest BCUT2D eigenvalue weighted by Crippen LogP contribution is -2.28. The minimum absolute atomic E-state index is 0.978. The molecule has 2 heteroatoms. The van der Waals surface area contributed by atoms with E-state index in [2.05, 4.69) is 45.0 Å². The zero-order chi connectivity index (χ0) is 14.1. The van der Waals surface area contributed by atoms with Crippen molar-refractivity contribution in [2.75, 3.05) is 33.7 Å². The van der Waals surface area contributed by atoms with Crippen molar-refractivity contribution in [3.63, 3.8) is 0 Å². The van der Waals surface area contributed by atoms with Gasteiger partial charge in [0.1, 0.15) is 0 Å². The summed E-state index contributed by atoms with van der Waals surface area (Å²) in [6.45, 7) is 16.3. The summed E-state index contributed by atoms with van der Waals surface area (Å²) in [7, 11) is 4.13. The number of likely N-dealkylation sites (tertiary alicyclic amines) is 1. The summed E-state index contributed by atoms with van der Waals surface area (Å²) < 4.78 is 0. The maximum absolute atomic E-state index is 2.93. The molecule has 0 unspecified atom stereocenters. The number of hydrogen-bond donors (Lipinski definition) is 1. The largest absolute Gasteiger partial charge is 0.320 e. The molecule has 0 saturated carbocycles. The highest BCUT2D eigenvalue weighted by Gasteiger charge is 2.10. The lowest BCUT2D eigenvalue weighted by atomic mass is 10.00. The van der Waals surface area contributed by atoms with Crippen LogP contribution in [0, 0.1) is 5.92 Å². The van der Waals surface area contributed by atoms with E-state index in [-0.39, 0.29) is 0 Å². The maximum atomic E-state index is 2.93. The highest BCUT2D eigenvalue weighted by molar-refractivity contribution is 4.65. The molecule has 1 saturated heterocycles. The van der Waals surface area contributed by atoms with Gasteiger partial charge in [-0.3, -0.25) is 0 Å². The molecule has 17 heavy (non-hydrogen) atoms. The van der Waals surface area contributed by atoms with Crippen LogP contribution in [0.25, 0.3) is 0 Å². The van der Waals surface area contributed by atoms with Gasteiger partial charge in [0, 0.05) is 0 Å². The fourth-order valence-corrected chi connectivity index (χ4v) is 1.14. The Balaban J connectivity index is -0.000000186. The molecule has 1 aliphatic heterocycles. The fraction of sp³-hybridized carbons (Fsp3) is 1.00. The number of rotatable bonds is 1. The molecule has 0 amide bonds. The van der Waals surface area contributed by atoms with Crippen molar-refractivity contribution in [1.82, 2.24) is 10.2 Å². The first-order valence-electron chi connectivity index (χ1n) is 7.45. The van der Waals surface area contributed by atoms with Gasteiger partial charge in [-0.15, -0.1) is 0 Å². The third-order valence-electron chi connectivity index (χ3n) is 2.36. The highest BCUT2D eigenvalue weighted by atomic mass is 15.1. The monoisotopic (exact) mass is 246 g/mol. The summed E-state index contributed by atoms with van der Waals surface area (Å²) >= 11 is 0. The van der Waals surface area contributed by atoms with Crippen LogP contribution in [0.1, 0.15) is 60.8 Å². The van der Waals surface area contributed by atoms with E-state index in [4.69, 9.17) is 0 Å². The van der Waals surface area contributed by atoms with Crippen LogP contribution in [0.5, 0.6) is 0 Å². The molecule has 0 bridgehead atoms. The van der Waals surface area contributed by atoms with Crippen molar-refractivity contribution in [3.05, 3.63) is 0 Å². The summed E-state index contributed by atoms with van der Waals surface area (Å²) in [5, 5.41) is 2.93. The van der Waals surface area contributed by atoms with Gasteiger partial charge >= 0.3 is 0 Å². The molecule has 1 fully saturated rings. The van der Waals surface area contributed by atoms with E-state index in [1.165, 1.54) is 32.4 Å². The minimum Gasteiger partial charge on any atom is -0.320 e. The Morgan fingerprint density at radius 1 is 1.06 bits per heavy atom. The molecule has 0 radical (unpaired) electrons. The molecule has 1 N–H and O–H groups in total. The van der Waals surface area contributed by atoms with Crippen LogP contribution in [-0.4, -0.2) is 38.6 Å². The first-order valence-corrected chi connectivity index (χ1v) is 7.45. The smallest absolute Gasteiger partial charge is 0.00192 e. The normalized spacial score (nSPS) is 15.5. The van der Waals surface area contributed by atoms with Gasteiger partial charge in [-0.05, 0) is 52.5 Å². The molecule has 108 valence electrons. The van der Waals surface area contributed by atoms with Gasteiger partial charge in [-0.2, -0.15) is 0 Å². The molecular weight excluding hydrogens is 208 g/mol. The second kappa shape index (κ2) is 21.2. The van der Waals surface area contributed by atoms with Crippen LogP contribution in [0.4, 0.5) is 0 Å². The zero-order valence-electron chi connectivity index (χ0n) is 13.8. The van der Waals surface area contributed by atoms with E-state index in [0.29, 0.717) is 0 Å². The molecule has 0 aromatic heterocycles. The Labute approximate surface area is 111 Å². The van der Waals surface area contributed by atoms with Crippen molar-refractivity contribution in [2.45, 2.75) is 60.8 Å². The van der Waals surface area contributed by atoms with Crippen LogP contribution in [-0.2, 0) is 0 Å². The number of nitrogens with zero attached hydrogens (tertiary/aromatic N) is 1. The SMILES string of the molecule is CC.CC1CCN(C)CC1.CCC.CCNC. The lowest BCUT2D eigenvalue weighted by molar-refractivity contribution is 0.230. The van der Waals surface area contributed by atoms with E-state index < -0.39 is 0 Å². The second-order valence-electron chi connectivity index (χ2n) is 4.40. The predicted octanol–water partition coefficient (Wildman–Crippen LogP) is 4.02. The molecule has 1 aliphatic rings. The average Bonchev–Trinajstić information content (AvgIpc) is 2.37. The second-order valence-corrected chi connectivity index (χ2v) is 4.40. The fourth-order valence-electron chi connectivity index (χ4n) is 1.14. The van der Waals surface area contributed by atoms with Crippen LogP contribution >= 0.6 is 0 Å². The van der Waals surface area contributed by atoms with Gasteiger partial charge in [0.2, 0.25) is 0 Å². The van der Waals surface area contributed by atoms with E-state index in [9.17, 15) is 0 Å². The van der Waals surface area contributed by atoms with Crippen LogP contribution in [0.2, 0.25) is 0 Å². The Kier molecular flexibility index (Phi) is 27.6. The van der Waals surface area contributed by atoms with Gasteiger partial charge in [0.15, 0.2) is 0 Å². The standard InChI is InChI=1S/C7H15N.C3H9N.C3H8.C2H6/c1-7-3-5-8(2)6-4-7;1-3-4-2;1-3-2;1-2/h7H,3-6H2,1-2H3;4H,3H2,1-2H3;3H2,1-2H3;1-2H3. The molecule has 0 atom stereocenters. The lowest BCUT2D eigenvalue weighted by Gasteiger charge is -2.26. The topological polar surface area (TPSA) is 15.3 Å². The van der Waals surface area contributed by atoms with Gasteiger partial charge in [0.05, 0.1) is 0 Å². The molecule has 2 nitrogen and oxygen atoms in total. The molecule has 1 rings (SSSR count). The maximum Gasteiger partial charge on any atom is -0.00192 e. The van der Waals surface area contributed by atoms with E-state index in [1.54, 1.807) is 0 Å². The van der Waals surface area contributed by atoms with E-state index in [1.807, 2.05) is 20.9 Å². The first kappa shape index (κ1) is 22.1. The van der Waals surface area contributed by atoms with Gasteiger partial charge in [-0.25, -0.2) is 0 Å². The van der Waals surface area contributed by atoms with Gasteiger partial charge < -0.3 is 10.2 Å². The molecule has 1 heterocycles.